The molecule has 0 unspecified atom stereocenters. The number of hydrogen-bond acceptors (Lipinski definition) is 17. The Morgan fingerprint density at radius 1 is 0.780 bits per heavy atom. The molecule has 13 atom stereocenters. The number of aliphatic hydroxyl groups is 3. The molecule has 0 radical (unpaired) electrons. The van der Waals surface area contributed by atoms with E-state index in [0.717, 1.165) is 26.3 Å². The highest BCUT2D eigenvalue weighted by Gasteiger charge is 2.81. The highest BCUT2D eigenvalue weighted by atomic mass is 16.7. The SMILES string of the molecule is CC(=O)OC[C@H]1O[C@@H](O[C@H]2CC[C@@]3(C)C(=CC[C@]4(O)[C@@H]3C[C@@H](OC(=O)c3ccc(O)cc3)[C@@]3(C)[C@]4(O)CC[C@@]3(O)C(C)=O)C2)[C@H](OC(C)=O)[C@@H](OC(C)=O)[C@@H]1OC(C)=O. The number of phenols is 1. The van der Waals surface area contributed by atoms with Crippen LogP contribution in [0.5, 0.6) is 5.75 Å². The molecule has 1 aromatic carbocycles. The van der Waals surface area contributed by atoms with Gasteiger partial charge >= 0.3 is 29.8 Å². The molecule has 5 aliphatic rings. The highest BCUT2D eigenvalue weighted by Crippen LogP contribution is 2.71. The van der Waals surface area contributed by atoms with Crippen molar-refractivity contribution in [2.24, 2.45) is 16.7 Å². The minimum Gasteiger partial charge on any atom is -0.508 e. The molecule has 0 aromatic heterocycles. The van der Waals surface area contributed by atoms with E-state index in [9.17, 15) is 49.2 Å². The van der Waals surface area contributed by atoms with Crippen LogP contribution in [-0.4, -0.2) is 122 Å². The zero-order valence-electron chi connectivity index (χ0n) is 34.3. The van der Waals surface area contributed by atoms with Gasteiger partial charge in [0, 0.05) is 33.6 Å². The second kappa shape index (κ2) is 15.9. The molecule has 17 nitrogen and oxygen atoms in total. The van der Waals surface area contributed by atoms with Gasteiger partial charge in [0.2, 0.25) is 0 Å². The molecule has 59 heavy (non-hydrogen) atoms. The lowest BCUT2D eigenvalue weighted by Gasteiger charge is -2.67. The first-order valence-electron chi connectivity index (χ1n) is 19.8. The molecular weight excluding hydrogens is 776 g/mol. The standard InChI is InChI=1S/C42H54O17/c1-21(43)40(50)16-17-42(52)39(40,7)32(59-36(49)26-8-10-28(48)11-9-26)19-31-38(6)14-13-29(18-27(38)12-15-41(31,42)51)57-37-35(56-25(5)47)34(55-24(4)46)33(54-23(3)45)30(58-37)20-53-22(2)44/h8-12,29-35,37,48,50-52H,13-20H2,1-7H3/t29-,30+,31+,32+,33+,34-,35+,37+,38-,39+,40+,41-,42+/m0/s1. The molecule has 17 heteroatoms. The van der Waals surface area contributed by atoms with E-state index in [1.54, 1.807) is 0 Å². The number of carbonyl (C=O) groups is 6. The molecule has 0 bridgehead atoms. The van der Waals surface area contributed by atoms with E-state index in [2.05, 4.69) is 0 Å². The smallest absolute Gasteiger partial charge is 0.338 e. The summed E-state index contributed by atoms with van der Waals surface area (Å²) in [7, 11) is 0. The summed E-state index contributed by atoms with van der Waals surface area (Å²) in [5, 5.41) is 47.6. The number of aromatic hydroxyl groups is 1. The molecular formula is C42H54O17. The number of phenolic OH excluding ortho intramolecular Hbond substituents is 1. The quantitative estimate of drug-likeness (QED) is 0.150. The minimum absolute atomic E-state index is 0.0339. The first-order chi connectivity index (χ1) is 27.5. The summed E-state index contributed by atoms with van der Waals surface area (Å²) >= 11 is 0. The van der Waals surface area contributed by atoms with Gasteiger partial charge in [-0.15, -0.1) is 0 Å². The van der Waals surface area contributed by atoms with Gasteiger partial charge in [-0.2, -0.15) is 0 Å². The van der Waals surface area contributed by atoms with Gasteiger partial charge in [0.25, 0.3) is 0 Å². The molecule has 0 amide bonds. The lowest BCUT2D eigenvalue weighted by molar-refractivity contribution is -0.322. The van der Waals surface area contributed by atoms with Crippen molar-refractivity contribution in [3.8, 4) is 5.75 Å². The number of carbonyl (C=O) groups excluding carboxylic acids is 6. The zero-order chi connectivity index (χ0) is 43.5. The van der Waals surface area contributed by atoms with E-state index >= 15 is 0 Å². The van der Waals surface area contributed by atoms with Crippen LogP contribution in [0.1, 0.15) is 104 Å². The van der Waals surface area contributed by atoms with Crippen LogP contribution in [0.25, 0.3) is 0 Å². The summed E-state index contributed by atoms with van der Waals surface area (Å²) in [6.45, 7) is 8.76. The number of Topliss-reactive ketones (excluding diaryl/α,β-unsaturated/α-hetero) is 1. The lowest BCUT2D eigenvalue weighted by Crippen LogP contribution is -2.78. The van der Waals surface area contributed by atoms with Crippen LogP contribution in [-0.2, 0) is 57.1 Å². The van der Waals surface area contributed by atoms with Crippen LogP contribution in [0.15, 0.2) is 35.9 Å². The second-order valence-corrected chi connectivity index (χ2v) is 17.1. The fraction of sp³-hybridized carbons (Fsp3) is 0.667. The Kier molecular flexibility index (Phi) is 11.9. The van der Waals surface area contributed by atoms with Crippen molar-refractivity contribution in [1.82, 2.24) is 0 Å². The third kappa shape index (κ3) is 7.42. The van der Waals surface area contributed by atoms with Crippen molar-refractivity contribution < 1.29 is 82.4 Å². The molecule has 1 saturated heterocycles. The van der Waals surface area contributed by atoms with Crippen LogP contribution < -0.4 is 0 Å². The number of benzene rings is 1. The molecule has 0 spiro atoms. The van der Waals surface area contributed by atoms with Gasteiger partial charge in [0.15, 0.2) is 30.4 Å². The Morgan fingerprint density at radius 2 is 1.39 bits per heavy atom. The van der Waals surface area contributed by atoms with Gasteiger partial charge in [-0.3, -0.25) is 24.0 Å². The number of hydrogen-bond donors (Lipinski definition) is 4. The largest absolute Gasteiger partial charge is 0.508 e. The first kappa shape index (κ1) is 44.1. The maximum Gasteiger partial charge on any atom is 0.338 e. The van der Waals surface area contributed by atoms with E-state index < -0.39 is 119 Å². The van der Waals surface area contributed by atoms with Gasteiger partial charge < -0.3 is 53.6 Å². The fourth-order valence-electron chi connectivity index (χ4n) is 10.8. The van der Waals surface area contributed by atoms with Crippen LogP contribution in [0, 0.1) is 16.7 Å². The number of esters is 5. The minimum atomic E-state index is -2.15. The summed E-state index contributed by atoms with van der Waals surface area (Å²) in [6.07, 6.45) is -6.41. The van der Waals surface area contributed by atoms with Gasteiger partial charge in [0.1, 0.15) is 41.4 Å². The van der Waals surface area contributed by atoms with E-state index in [1.165, 1.54) is 45.0 Å². The fourth-order valence-corrected chi connectivity index (χ4v) is 10.8. The molecule has 3 saturated carbocycles. The molecule has 6 rings (SSSR count). The average Bonchev–Trinajstić information content (AvgIpc) is 3.38. The van der Waals surface area contributed by atoms with Crippen LogP contribution in [0.4, 0.5) is 0 Å². The number of ether oxygens (including phenoxy) is 7. The second-order valence-electron chi connectivity index (χ2n) is 17.1. The van der Waals surface area contributed by atoms with Crippen molar-refractivity contribution in [3.63, 3.8) is 0 Å². The molecule has 4 fully saturated rings. The molecule has 1 heterocycles. The highest BCUT2D eigenvalue weighted by molar-refractivity contribution is 5.90. The summed E-state index contributed by atoms with van der Waals surface area (Å²) in [6, 6.07) is 5.37. The predicted molar refractivity (Wildman–Crippen MR) is 200 cm³/mol. The van der Waals surface area contributed by atoms with Crippen molar-refractivity contribution in [2.45, 2.75) is 153 Å². The Balaban J connectivity index is 1.32. The van der Waals surface area contributed by atoms with Gasteiger partial charge in [-0.25, -0.2) is 4.79 Å². The van der Waals surface area contributed by atoms with Crippen LogP contribution >= 0.6 is 0 Å². The van der Waals surface area contributed by atoms with E-state index in [4.69, 9.17) is 33.2 Å². The van der Waals surface area contributed by atoms with Gasteiger partial charge in [-0.05, 0) is 88.5 Å². The third-order valence-corrected chi connectivity index (χ3v) is 13.8. The summed E-state index contributed by atoms with van der Waals surface area (Å²) < 4.78 is 40.7. The Labute approximate surface area is 341 Å². The number of fused-ring (bicyclic) bond motifs is 5. The monoisotopic (exact) mass is 830 g/mol. The maximum atomic E-state index is 13.7. The summed E-state index contributed by atoms with van der Waals surface area (Å²) in [4.78, 5) is 75.6. The van der Waals surface area contributed by atoms with E-state index in [1.807, 2.05) is 13.0 Å². The Hall–Kier alpha value is -4.42. The zero-order valence-corrected chi connectivity index (χ0v) is 34.3. The molecule has 4 N–H and O–H groups in total. The summed E-state index contributed by atoms with van der Waals surface area (Å²) in [5.41, 5.74) is -7.87. The molecule has 4 aliphatic carbocycles. The van der Waals surface area contributed by atoms with Crippen LogP contribution in [0.2, 0.25) is 0 Å². The van der Waals surface area contributed by atoms with Crippen molar-refractivity contribution in [1.29, 1.82) is 0 Å². The molecule has 1 aliphatic heterocycles. The molecule has 324 valence electrons. The van der Waals surface area contributed by atoms with Crippen molar-refractivity contribution in [3.05, 3.63) is 41.5 Å². The van der Waals surface area contributed by atoms with Gasteiger partial charge in [-0.1, -0.05) is 18.6 Å². The van der Waals surface area contributed by atoms with Crippen LogP contribution in [0.3, 0.4) is 0 Å². The number of rotatable bonds is 10. The van der Waals surface area contributed by atoms with Crippen molar-refractivity contribution >= 4 is 35.6 Å². The Bertz CT molecular complexity index is 1890. The maximum absolute atomic E-state index is 13.7. The first-order valence-corrected chi connectivity index (χ1v) is 19.8. The average molecular weight is 831 g/mol. The molecule has 1 aromatic rings. The normalized spacial score (nSPS) is 39.9. The predicted octanol–water partition coefficient (Wildman–Crippen LogP) is 2.51. The Morgan fingerprint density at radius 3 is 1.98 bits per heavy atom. The third-order valence-electron chi connectivity index (χ3n) is 13.8. The summed E-state index contributed by atoms with van der Waals surface area (Å²) in [5.74, 6) is -5.27. The van der Waals surface area contributed by atoms with E-state index in [-0.39, 0.29) is 43.4 Å². The number of ketones is 1. The lowest BCUT2D eigenvalue weighted by atomic mass is 9.42. The van der Waals surface area contributed by atoms with Gasteiger partial charge in [0.05, 0.1) is 17.1 Å². The van der Waals surface area contributed by atoms with Crippen molar-refractivity contribution in [2.75, 3.05) is 6.61 Å². The van der Waals surface area contributed by atoms with E-state index in [0.29, 0.717) is 12.8 Å². The topological polar surface area (TPSA) is 248 Å².